The summed E-state index contributed by atoms with van der Waals surface area (Å²) in [4.78, 5) is 9.05. The number of nitrogens with one attached hydrogen (secondary N) is 1. The van der Waals surface area contributed by atoms with Gasteiger partial charge in [-0.25, -0.2) is 9.97 Å². The molecule has 0 spiro atoms. The summed E-state index contributed by atoms with van der Waals surface area (Å²) in [5.41, 5.74) is 2.29. The molecule has 1 unspecified atom stereocenters. The molecule has 0 amide bonds. The summed E-state index contributed by atoms with van der Waals surface area (Å²) >= 11 is 7.96. The minimum atomic E-state index is 0.321. The third kappa shape index (κ3) is 3.13. The lowest BCUT2D eigenvalue weighted by Gasteiger charge is -2.17. The van der Waals surface area contributed by atoms with Crippen LogP contribution in [0.5, 0.6) is 0 Å². The molecule has 1 atom stereocenters. The number of hydrogen-bond donors (Lipinski definition) is 1. The van der Waals surface area contributed by atoms with E-state index in [-0.39, 0.29) is 0 Å². The van der Waals surface area contributed by atoms with Gasteiger partial charge in [0, 0.05) is 17.5 Å². The third-order valence-electron chi connectivity index (χ3n) is 3.55. The van der Waals surface area contributed by atoms with Gasteiger partial charge in [-0.3, -0.25) is 0 Å². The van der Waals surface area contributed by atoms with Gasteiger partial charge >= 0.3 is 0 Å². The molecule has 2 heterocycles. The van der Waals surface area contributed by atoms with Gasteiger partial charge in [0.1, 0.15) is 16.8 Å². The van der Waals surface area contributed by atoms with Crippen LogP contribution in [0.15, 0.2) is 16.8 Å². The fraction of sp³-hybridized carbons (Fsp3) is 0.467. The van der Waals surface area contributed by atoms with E-state index < -0.39 is 0 Å². The topological polar surface area (TPSA) is 37.8 Å². The molecule has 3 nitrogen and oxygen atoms in total. The quantitative estimate of drug-likeness (QED) is 0.831. The fourth-order valence-corrected chi connectivity index (χ4v) is 3.07. The largest absolute Gasteiger partial charge is 0.367 e. The number of thiophene rings is 1. The van der Waals surface area contributed by atoms with Crippen molar-refractivity contribution in [3.8, 4) is 0 Å². The molecule has 1 fully saturated rings. The monoisotopic (exact) mass is 307 g/mol. The maximum atomic E-state index is 6.23. The summed E-state index contributed by atoms with van der Waals surface area (Å²) in [6, 6.07) is 2.49. The Kier molecular flexibility index (Phi) is 3.94. The van der Waals surface area contributed by atoms with E-state index in [1.807, 2.05) is 6.92 Å². The molecule has 0 aliphatic heterocycles. The van der Waals surface area contributed by atoms with E-state index in [2.05, 4.69) is 39.0 Å². The SMILES string of the molecule is Cc1c(Cl)nc(C2CC2)nc1NC(C)Cc1ccsc1. The summed E-state index contributed by atoms with van der Waals surface area (Å²) in [7, 11) is 0. The van der Waals surface area contributed by atoms with E-state index in [1.54, 1.807) is 11.3 Å². The summed E-state index contributed by atoms with van der Waals surface area (Å²) in [6.45, 7) is 4.14. The summed E-state index contributed by atoms with van der Waals surface area (Å²) < 4.78 is 0. The van der Waals surface area contributed by atoms with E-state index in [9.17, 15) is 0 Å². The van der Waals surface area contributed by atoms with Crippen molar-refractivity contribution in [1.82, 2.24) is 9.97 Å². The van der Waals surface area contributed by atoms with Crippen molar-refractivity contribution in [2.24, 2.45) is 0 Å². The zero-order valence-corrected chi connectivity index (χ0v) is 13.3. The molecular formula is C15H18ClN3S. The van der Waals surface area contributed by atoms with Crippen molar-refractivity contribution >= 4 is 28.8 Å². The van der Waals surface area contributed by atoms with E-state index in [4.69, 9.17) is 11.6 Å². The van der Waals surface area contributed by atoms with Gasteiger partial charge in [0.2, 0.25) is 0 Å². The van der Waals surface area contributed by atoms with Gasteiger partial charge in [-0.15, -0.1) is 0 Å². The Hall–Kier alpha value is -1.13. The molecule has 0 bridgehead atoms. The van der Waals surface area contributed by atoms with Crippen LogP contribution in [-0.2, 0) is 6.42 Å². The lowest BCUT2D eigenvalue weighted by Crippen LogP contribution is -2.20. The molecule has 2 aromatic heterocycles. The van der Waals surface area contributed by atoms with E-state index in [0.29, 0.717) is 17.1 Å². The molecular weight excluding hydrogens is 290 g/mol. The van der Waals surface area contributed by atoms with Gasteiger partial charge in [0.25, 0.3) is 0 Å². The summed E-state index contributed by atoms with van der Waals surface area (Å²) in [5, 5.41) is 8.36. The number of halogens is 1. The number of anilines is 1. The second-order valence-corrected chi connectivity index (χ2v) is 6.64. The predicted molar refractivity (Wildman–Crippen MR) is 84.9 cm³/mol. The summed E-state index contributed by atoms with van der Waals surface area (Å²) in [6.07, 6.45) is 3.36. The molecule has 5 heteroatoms. The standard InChI is InChI=1S/C15H18ClN3S/c1-9(7-11-5-6-20-8-11)17-14-10(2)13(16)18-15(19-14)12-3-4-12/h5-6,8-9,12H,3-4,7H2,1-2H3,(H,17,18,19). The first-order chi connectivity index (χ1) is 9.63. The Balaban J connectivity index is 1.75. The molecule has 1 N–H and O–H groups in total. The Morgan fingerprint density at radius 2 is 2.25 bits per heavy atom. The molecule has 2 aromatic rings. The van der Waals surface area contributed by atoms with Crippen LogP contribution in [0, 0.1) is 6.92 Å². The second kappa shape index (κ2) is 5.70. The molecule has 1 aliphatic carbocycles. The van der Waals surface area contributed by atoms with Crippen LogP contribution < -0.4 is 5.32 Å². The highest BCUT2D eigenvalue weighted by atomic mass is 35.5. The number of hydrogen-bond acceptors (Lipinski definition) is 4. The van der Waals surface area contributed by atoms with Crippen molar-refractivity contribution in [3.63, 3.8) is 0 Å². The molecule has 0 aromatic carbocycles. The van der Waals surface area contributed by atoms with E-state index >= 15 is 0 Å². The van der Waals surface area contributed by atoms with Crippen LogP contribution in [-0.4, -0.2) is 16.0 Å². The first-order valence-corrected chi connectivity index (χ1v) is 8.27. The van der Waals surface area contributed by atoms with Crippen LogP contribution in [0.2, 0.25) is 5.15 Å². The smallest absolute Gasteiger partial charge is 0.137 e. The van der Waals surface area contributed by atoms with Crippen molar-refractivity contribution in [3.05, 3.63) is 38.9 Å². The first-order valence-electron chi connectivity index (χ1n) is 6.95. The highest BCUT2D eigenvalue weighted by Crippen LogP contribution is 2.39. The predicted octanol–water partition coefficient (Wildman–Crippen LogP) is 4.42. The van der Waals surface area contributed by atoms with Gasteiger partial charge in [0.15, 0.2) is 0 Å². The minimum absolute atomic E-state index is 0.321. The van der Waals surface area contributed by atoms with Gasteiger partial charge < -0.3 is 5.32 Å². The maximum Gasteiger partial charge on any atom is 0.137 e. The van der Waals surface area contributed by atoms with Crippen molar-refractivity contribution in [2.75, 3.05) is 5.32 Å². The van der Waals surface area contributed by atoms with Gasteiger partial charge in [0.05, 0.1) is 0 Å². The highest BCUT2D eigenvalue weighted by Gasteiger charge is 2.28. The van der Waals surface area contributed by atoms with Crippen molar-refractivity contribution in [1.29, 1.82) is 0 Å². The van der Waals surface area contributed by atoms with Gasteiger partial charge in [-0.1, -0.05) is 11.6 Å². The molecule has 20 heavy (non-hydrogen) atoms. The van der Waals surface area contributed by atoms with Gasteiger partial charge in [-0.2, -0.15) is 11.3 Å². The number of rotatable bonds is 5. The average molecular weight is 308 g/mol. The normalized spacial score (nSPS) is 16.1. The van der Waals surface area contributed by atoms with Crippen LogP contribution in [0.3, 0.4) is 0 Å². The Labute approximate surface area is 128 Å². The fourth-order valence-electron chi connectivity index (χ4n) is 2.22. The minimum Gasteiger partial charge on any atom is -0.367 e. The van der Waals surface area contributed by atoms with Crippen molar-refractivity contribution in [2.45, 2.75) is 45.1 Å². The molecule has 0 saturated heterocycles. The van der Waals surface area contributed by atoms with E-state index in [0.717, 1.165) is 23.6 Å². The van der Waals surface area contributed by atoms with E-state index in [1.165, 1.54) is 18.4 Å². The first kappa shape index (κ1) is 13.8. The molecule has 1 aliphatic rings. The molecule has 3 rings (SSSR count). The van der Waals surface area contributed by atoms with Gasteiger partial charge in [-0.05, 0) is 55.5 Å². The van der Waals surface area contributed by atoms with Crippen LogP contribution in [0.1, 0.15) is 42.6 Å². The molecule has 106 valence electrons. The molecule has 0 radical (unpaired) electrons. The maximum absolute atomic E-state index is 6.23. The zero-order chi connectivity index (χ0) is 14.1. The lowest BCUT2D eigenvalue weighted by atomic mass is 10.1. The average Bonchev–Trinajstić information content (AvgIpc) is 3.14. The Bertz CT molecular complexity index is 593. The van der Waals surface area contributed by atoms with Crippen molar-refractivity contribution < 1.29 is 0 Å². The van der Waals surface area contributed by atoms with Crippen LogP contribution >= 0.6 is 22.9 Å². The van der Waals surface area contributed by atoms with Crippen LogP contribution in [0.25, 0.3) is 0 Å². The zero-order valence-electron chi connectivity index (χ0n) is 11.7. The Morgan fingerprint density at radius 1 is 1.45 bits per heavy atom. The Morgan fingerprint density at radius 3 is 2.90 bits per heavy atom. The number of aromatic nitrogens is 2. The second-order valence-electron chi connectivity index (χ2n) is 5.50. The number of nitrogens with zero attached hydrogens (tertiary/aromatic N) is 2. The lowest BCUT2D eigenvalue weighted by molar-refractivity contribution is 0.778. The molecule has 1 saturated carbocycles. The highest BCUT2D eigenvalue weighted by molar-refractivity contribution is 7.07. The summed E-state index contributed by atoms with van der Waals surface area (Å²) in [5.74, 6) is 2.29. The third-order valence-corrected chi connectivity index (χ3v) is 4.65. The van der Waals surface area contributed by atoms with Crippen LogP contribution in [0.4, 0.5) is 5.82 Å².